The number of thiophene rings is 1. The van der Waals surface area contributed by atoms with Crippen LogP contribution in [0.15, 0.2) is 30.3 Å². The van der Waals surface area contributed by atoms with E-state index in [0.29, 0.717) is 23.8 Å². The van der Waals surface area contributed by atoms with Crippen LogP contribution in [0.2, 0.25) is 0 Å². The summed E-state index contributed by atoms with van der Waals surface area (Å²) in [5.41, 5.74) is 6.81. The number of nitrogens with zero attached hydrogens (tertiary/aromatic N) is 1. The fourth-order valence-electron chi connectivity index (χ4n) is 2.88. The van der Waals surface area contributed by atoms with E-state index >= 15 is 0 Å². The summed E-state index contributed by atoms with van der Waals surface area (Å²) in [6.45, 7) is 5.76. The van der Waals surface area contributed by atoms with Crippen molar-refractivity contribution >= 4 is 27.3 Å². The number of ketones is 1. The lowest BCUT2D eigenvalue weighted by molar-refractivity contribution is 0.103. The number of ether oxygens (including phenoxy) is 1. The molecule has 0 saturated heterocycles. The van der Waals surface area contributed by atoms with Gasteiger partial charge in [-0.1, -0.05) is 0 Å². The van der Waals surface area contributed by atoms with Crippen molar-refractivity contribution in [3.05, 3.63) is 52.3 Å². The molecule has 0 unspecified atom stereocenters. The highest BCUT2D eigenvalue weighted by Gasteiger charge is 2.19. The van der Waals surface area contributed by atoms with E-state index in [-0.39, 0.29) is 11.3 Å². The molecule has 0 radical (unpaired) electrons. The van der Waals surface area contributed by atoms with Gasteiger partial charge in [0.25, 0.3) is 0 Å². The van der Waals surface area contributed by atoms with Crippen molar-refractivity contribution < 1.29 is 13.9 Å². The summed E-state index contributed by atoms with van der Waals surface area (Å²) >= 11 is 1.40. The van der Waals surface area contributed by atoms with Crippen molar-refractivity contribution in [3.8, 4) is 5.75 Å². The molecule has 1 aromatic carbocycles. The molecule has 2 aromatic heterocycles. The van der Waals surface area contributed by atoms with Crippen molar-refractivity contribution in [2.45, 2.75) is 26.8 Å². The van der Waals surface area contributed by atoms with Crippen LogP contribution < -0.4 is 10.5 Å². The van der Waals surface area contributed by atoms with Gasteiger partial charge in [-0.25, -0.2) is 4.39 Å². The number of halogens is 1. The van der Waals surface area contributed by atoms with Crippen LogP contribution >= 0.6 is 11.3 Å². The standard InChI is InChI=1S/C19H21FN2O2S/c1-3-24-14-5-6-15(16(20)11-14)18(23)17-10-13-9-12(2)22(8-4-7-21)19(13)25-17/h5-6,9-11H,3-4,7-8,21H2,1-2H3. The minimum Gasteiger partial charge on any atom is -0.494 e. The molecule has 4 nitrogen and oxygen atoms in total. The Balaban J connectivity index is 1.93. The van der Waals surface area contributed by atoms with Crippen LogP contribution in [0.1, 0.15) is 34.3 Å². The van der Waals surface area contributed by atoms with Gasteiger partial charge in [0, 0.05) is 23.7 Å². The highest BCUT2D eigenvalue weighted by molar-refractivity contribution is 7.20. The number of aryl methyl sites for hydroxylation is 2. The molecule has 0 atom stereocenters. The fourth-order valence-corrected chi connectivity index (χ4v) is 4.06. The normalized spacial score (nSPS) is 11.2. The van der Waals surface area contributed by atoms with Crippen LogP contribution in [-0.4, -0.2) is 23.5 Å². The molecular formula is C19H21FN2O2S. The van der Waals surface area contributed by atoms with Gasteiger partial charge >= 0.3 is 0 Å². The van der Waals surface area contributed by atoms with Gasteiger partial charge < -0.3 is 15.0 Å². The Morgan fingerprint density at radius 1 is 1.32 bits per heavy atom. The van der Waals surface area contributed by atoms with E-state index in [2.05, 4.69) is 4.57 Å². The molecule has 2 N–H and O–H groups in total. The topological polar surface area (TPSA) is 57.2 Å². The van der Waals surface area contributed by atoms with E-state index in [1.807, 2.05) is 26.0 Å². The Labute approximate surface area is 150 Å². The van der Waals surface area contributed by atoms with E-state index in [1.165, 1.54) is 23.5 Å². The van der Waals surface area contributed by atoms with Crippen molar-refractivity contribution in [1.29, 1.82) is 0 Å². The molecule has 0 saturated carbocycles. The van der Waals surface area contributed by atoms with E-state index < -0.39 is 5.82 Å². The number of carbonyl (C=O) groups is 1. The number of nitrogens with two attached hydrogens (primary N) is 1. The molecule has 0 bridgehead atoms. The number of hydrogen-bond acceptors (Lipinski definition) is 4. The smallest absolute Gasteiger partial charge is 0.205 e. The first-order chi connectivity index (χ1) is 12.0. The highest BCUT2D eigenvalue weighted by Crippen LogP contribution is 2.31. The van der Waals surface area contributed by atoms with Gasteiger partial charge in [0.1, 0.15) is 16.4 Å². The maximum absolute atomic E-state index is 14.3. The summed E-state index contributed by atoms with van der Waals surface area (Å²) in [5, 5.41) is 1.01. The Morgan fingerprint density at radius 3 is 2.80 bits per heavy atom. The summed E-state index contributed by atoms with van der Waals surface area (Å²) in [4.78, 5) is 14.3. The van der Waals surface area contributed by atoms with Gasteiger partial charge in [0.05, 0.1) is 17.0 Å². The molecule has 3 rings (SSSR count). The van der Waals surface area contributed by atoms with E-state index in [1.54, 1.807) is 6.07 Å². The second-order valence-electron chi connectivity index (χ2n) is 5.85. The predicted octanol–water partition coefficient (Wildman–Crippen LogP) is 4.13. The molecule has 0 fully saturated rings. The van der Waals surface area contributed by atoms with E-state index in [9.17, 15) is 9.18 Å². The number of benzene rings is 1. The number of aromatic nitrogens is 1. The average Bonchev–Trinajstić information content (AvgIpc) is 3.10. The quantitative estimate of drug-likeness (QED) is 0.645. The lowest BCUT2D eigenvalue weighted by Gasteiger charge is -2.06. The molecule has 0 aliphatic rings. The molecule has 25 heavy (non-hydrogen) atoms. The zero-order valence-electron chi connectivity index (χ0n) is 14.3. The van der Waals surface area contributed by atoms with Gasteiger partial charge in [-0.15, -0.1) is 11.3 Å². The summed E-state index contributed by atoms with van der Waals surface area (Å²) in [6.07, 6.45) is 0.874. The SMILES string of the molecule is CCOc1ccc(C(=O)c2cc3cc(C)n(CCCN)c3s2)c(F)c1. The molecule has 0 spiro atoms. The van der Waals surface area contributed by atoms with E-state index in [0.717, 1.165) is 28.9 Å². The Kier molecular flexibility index (Phi) is 5.20. The van der Waals surface area contributed by atoms with E-state index in [4.69, 9.17) is 10.5 Å². The Hall–Kier alpha value is -2.18. The van der Waals surface area contributed by atoms with Crippen LogP contribution in [-0.2, 0) is 6.54 Å². The third kappa shape index (κ3) is 3.45. The summed E-state index contributed by atoms with van der Waals surface area (Å²) < 4.78 is 21.7. The average molecular weight is 360 g/mol. The molecule has 0 amide bonds. The Bertz CT molecular complexity index is 914. The first-order valence-corrected chi connectivity index (χ1v) is 9.13. The lowest BCUT2D eigenvalue weighted by Crippen LogP contribution is -2.06. The van der Waals surface area contributed by atoms with Crippen molar-refractivity contribution in [2.75, 3.05) is 13.2 Å². The van der Waals surface area contributed by atoms with Crippen LogP contribution in [0.4, 0.5) is 4.39 Å². The molecule has 3 aromatic rings. The number of carbonyl (C=O) groups excluding carboxylic acids is 1. The second kappa shape index (κ2) is 7.37. The molecular weight excluding hydrogens is 339 g/mol. The minimum absolute atomic E-state index is 0.0672. The summed E-state index contributed by atoms with van der Waals surface area (Å²) in [5.74, 6) is -0.433. The zero-order valence-corrected chi connectivity index (χ0v) is 15.2. The fraction of sp³-hybridized carbons (Fsp3) is 0.316. The highest BCUT2D eigenvalue weighted by atomic mass is 32.1. The van der Waals surface area contributed by atoms with Gasteiger partial charge in [0.15, 0.2) is 0 Å². The van der Waals surface area contributed by atoms with Gasteiger partial charge in [0.2, 0.25) is 5.78 Å². The summed E-state index contributed by atoms with van der Waals surface area (Å²) in [7, 11) is 0. The number of rotatable bonds is 7. The molecule has 0 aliphatic heterocycles. The van der Waals surface area contributed by atoms with Crippen molar-refractivity contribution in [1.82, 2.24) is 4.57 Å². The molecule has 6 heteroatoms. The summed E-state index contributed by atoms with van der Waals surface area (Å²) in [6, 6.07) is 8.26. The first-order valence-electron chi connectivity index (χ1n) is 8.32. The monoisotopic (exact) mass is 360 g/mol. The Morgan fingerprint density at radius 2 is 2.12 bits per heavy atom. The molecule has 132 valence electrons. The third-order valence-corrected chi connectivity index (χ3v) is 5.25. The van der Waals surface area contributed by atoms with Crippen molar-refractivity contribution in [2.24, 2.45) is 5.73 Å². The number of fused-ring (bicyclic) bond motifs is 1. The van der Waals surface area contributed by atoms with Crippen molar-refractivity contribution in [3.63, 3.8) is 0 Å². The largest absolute Gasteiger partial charge is 0.494 e. The zero-order chi connectivity index (χ0) is 18.0. The predicted molar refractivity (Wildman–Crippen MR) is 99.2 cm³/mol. The van der Waals surface area contributed by atoms with Crippen LogP contribution in [0.25, 0.3) is 10.2 Å². The third-order valence-electron chi connectivity index (χ3n) is 4.08. The molecule has 2 heterocycles. The van der Waals surface area contributed by atoms with Crippen LogP contribution in [0, 0.1) is 12.7 Å². The van der Waals surface area contributed by atoms with Crippen LogP contribution in [0.3, 0.4) is 0 Å². The van der Waals surface area contributed by atoms with Crippen LogP contribution in [0.5, 0.6) is 5.75 Å². The lowest BCUT2D eigenvalue weighted by atomic mass is 10.1. The maximum atomic E-state index is 14.3. The second-order valence-corrected chi connectivity index (χ2v) is 6.89. The van der Waals surface area contributed by atoms with Gasteiger partial charge in [-0.3, -0.25) is 4.79 Å². The maximum Gasteiger partial charge on any atom is 0.205 e. The first kappa shape index (κ1) is 17.6. The number of hydrogen-bond donors (Lipinski definition) is 1. The minimum atomic E-state index is -0.559. The van der Waals surface area contributed by atoms with Gasteiger partial charge in [-0.05, 0) is 51.1 Å². The molecule has 0 aliphatic carbocycles. The van der Waals surface area contributed by atoms with Gasteiger partial charge in [-0.2, -0.15) is 0 Å².